The maximum atomic E-state index is 13.5. The van der Waals surface area contributed by atoms with Crippen LogP contribution in [-0.2, 0) is 6.42 Å². The predicted molar refractivity (Wildman–Crippen MR) is 96.4 cm³/mol. The second-order valence-corrected chi connectivity index (χ2v) is 6.29. The lowest BCUT2D eigenvalue weighted by Gasteiger charge is -2.33. The summed E-state index contributed by atoms with van der Waals surface area (Å²) in [6.45, 7) is 4.36. The van der Waals surface area contributed by atoms with Crippen molar-refractivity contribution in [3.05, 3.63) is 59.7 Å². The number of pyridine rings is 1. The van der Waals surface area contributed by atoms with Crippen molar-refractivity contribution >= 4 is 11.6 Å². The van der Waals surface area contributed by atoms with Gasteiger partial charge in [0.25, 0.3) is 5.91 Å². The molecule has 25 heavy (non-hydrogen) atoms. The number of amides is 1. The molecule has 0 saturated carbocycles. The molecule has 2 aromatic rings. The lowest BCUT2D eigenvalue weighted by Crippen LogP contribution is -2.44. The standard InChI is InChI=1S/C19H23FN4O/c1-23-10-12-24(13-11-23)16-6-7-18(22-14-16)19(25)21-9-8-15-4-2-3-5-17(15)20/h2-7,14H,8-13H2,1H3,(H,21,25). The van der Waals surface area contributed by atoms with Gasteiger partial charge in [-0.25, -0.2) is 9.37 Å². The Morgan fingerprint density at radius 2 is 1.92 bits per heavy atom. The van der Waals surface area contributed by atoms with Gasteiger partial charge in [0, 0.05) is 32.7 Å². The zero-order valence-electron chi connectivity index (χ0n) is 14.4. The van der Waals surface area contributed by atoms with Crippen molar-refractivity contribution in [3.8, 4) is 0 Å². The SMILES string of the molecule is CN1CCN(c2ccc(C(=O)NCCc3ccccc3F)nc2)CC1. The highest BCUT2D eigenvalue weighted by Gasteiger charge is 2.15. The Hall–Kier alpha value is -2.47. The number of hydrogen-bond donors (Lipinski definition) is 1. The molecule has 2 heterocycles. The van der Waals surface area contributed by atoms with E-state index in [1.807, 2.05) is 6.07 Å². The number of carbonyl (C=O) groups is 1. The van der Waals surface area contributed by atoms with Gasteiger partial charge in [0.1, 0.15) is 11.5 Å². The molecule has 1 fully saturated rings. The number of benzene rings is 1. The Morgan fingerprint density at radius 3 is 2.60 bits per heavy atom. The number of likely N-dealkylation sites (N-methyl/N-ethyl adjacent to an activating group) is 1. The molecule has 5 nitrogen and oxygen atoms in total. The Labute approximate surface area is 147 Å². The fraction of sp³-hybridized carbons (Fsp3) is 0.368. The molecule has 1 amide bonds. The molecule has 1 aliphatic heterocycles. The lowest BCUT2D eigenvalue weighted by atomic mass is 10.1. The van der Waals surface area contributed by atoms with Crippen LogP contribution in [-0.4, -0.2) is 55.6 Å². The van der Waals surface area contributed by atoms with Crippen molar-refractivity contribution in [2.24, 2.45) is 0 Å². The summed E-state index contributed by atoms with van der Waals surface area (Å²) >= 11 is 0. The molecule has 0 unspecified atom stereocenters. The molecular weight excluding hydrogens is 319 g/mol. The van der Waals surface area contributed by atoms with Crippen molar-refractivity contribution in [2.75, 3.05) is 44.7 Å². The van der Waals surface area contributed by atoms with Crippen LogP contribution in [0.5, 0.6) is 0 Å². The summed E-state index contributed by atoms with van der Waals surface area (Å²) in [5.41, 5.74) is 2.02. The predicted octanol–water partition coefficient (Wildman–Crippen LogP) is 1.94. The topological polar surface area (TPSA) is 48.5 Å². The molecule has 3 rings (SSSR count). The third-order valence-electron chi connectivity index (χ3n) is 4.49. The minimum Gasteiger partial charge on any atom is -0.368 e. The Kier molecular flexibility index (Phi) is 5.60. The van der Waals surface area contributed by atoms with Gasteiger partial charge in [-0.05, 0) is 37.2 Å². The second-order valence-electron chi connectivity index (χ2n) is 6.29. The maximum absolute atomic E-state index is 13.5. The van der Waals surface area contributed by atoms with E-state index < -0.39 is 0 Å². The van der Waals surface area contributed by atoms with E-state index in [2.05, 4.69) is 27.1 Å². The molecule has 0 atom stereocenters. The summed E-state index contributed by atoms with van der Waals surface area (Å²) in [5.74, 6) is -0.479. The highest BCUT2D eigenvalue weighted by Crippen LogP contribution is 2.15. The van der Waals surface area contributed by atoms with E-state index in [1.165, 1.54) is 6.07 Å². The van der Waals surface area contributed by atoms with Crippen molar-refractivity contribution in [1.82, 2.24) is 15.2 Å². The van der Waals surface area contributed by atoms with Gasteiger partial charge >= 0.3 is 0 Å². The maximum Gasteiger partial charge on any atom is 0.269 e. The van der Waals surface area contributed by atoms with E-state index in [0.29, 0.717) is 24.2 Å². The molecule has 0 spiro atoms. The zero-order valence-corrected chi connectivity index (χ0v) is 14.4. The van der Waals surface area contributed by atoms with Gasteiger partial charge in [0.15, 0.2) is 0 Å². The van der Waals surface area contributed by atoms with E-state index in [4.69, 9.17) is 0 Å². The van der Waals surface area contributed by atoms with Crippen LogP contribution in [0.15, 0.2) is 42.6 Å². The van der Waals surface area contributed by atoms with Gasteiger partial charge < -0.3 is 15.1 Å². The first-order valence-corrected chi connectivity index (χ1v) is 8.54. The molecule has 1 aromatic heterocycles. The number of piperazine rings is 1. The lowest BCUT2D eigenvalue weighted by molar-refractivity contribution is 0.0949. The molecular formula is C19H23FN4O. The monoisotopic (exact) mass is 342 g/mol. The van der Waals surface area contributed by atoms with Crippen LogP contribution < -0.4 is 10.2 Å². The van der Waals surface area contributed by atoms with Crippen molar-refractivity contribution in [1.29, 1.82) is 0 Å². The van der Waals surface area contributed by atoms with Crippen LogP contribution in [0.1, 0.15) is 16.1 Å². The van der Waals surface area contributed by atoms with Crippen LogP contribution in [0.4, 0.5) is 10.1 Å². The molecule has 0 bridgehead atoms. The molecule has 1 aliphatic rings. The first-order chi connectivity index (χ1) is 12.1. The third kappa shape index (κ3) is 4.54. The van der Waals surface area contributed by atoms with Crippen LogP contribution in [0.2, 0.25) is 0 Å². The quantitative estimate of drug-likeness (QED) is 0.902. The Bertz CT molecular complexity index is 712. The van der Waals surface area contributed by atoms with Crippen LogP contribution in [0, 0.1) is 5.82 Å². The van der Waals surface area contributed by atoms with Gasteiger partial charge in [-0.15, -0.1) is 0 Å². The number of carbonyl (C=O) groups excluding carboxylic acids is 1. The average Bonchev–Trinajstić information content (AvgIpc) is 2.64. The van der Waals surface area contributed by atoms with Crippen LogP contribution >= 0.6 is 0 Å². The summed E-state index contributed by atoms with van der Waals surface area (Å²) < 4.78 is 13.5. The van der Waals surface area contributed by atoms with E-state index in [-0.39, 0.29) is 11.7 Å². The number of rotatable bonds is 5. The summed E-state index contributed by atoms with van der Waals surface area (Å²) in [5, 5.41) is 2.79. The van der Waals surface area contributed by atoms with Crippen molar-refractivity contribution in [2.45, 2.75) is 6.42 Å². The van der Waals surface area contributed by atoms with Gasteiger partial charge in [0.2, 0.25) is 0 Å². The minimum atomic E-state index is -0.244. The average molecular weight is 342 g/mol. The van der Waals surface area contributed by atoms with Gasteiger partial charge in [0.05, 0.1) is 11.9 Å². The fourth-order valence-electron chi connectivity index (χ4n) is 2.87. The normalized spacial score (nSPS) is 15.2. The fourth-order valence-corrected chi connectivity index (χ4v) is 2.87. The Morgan fingerprint density at radius 1 is 1.16 bits per heavy atom. The number of halogens is 1. The summed E-state index contributed by atoms with van der Waals surface area (Å²) in [6, 6.07) is 10.3. The van der Waals surface area contributed by atoms with E-state index in [0.717, 1.165) is 31.9 Å². The van der Waals surface area contributed by atoms with E-state index in [1.54, 1.807) is 30.5 Å². The summed E-state index contributed by atoms with van der Waals surface area (Å²) in [6.07, 6.45) is 2.20. The smallest absolute Gasteiger partial charge is 0.269 e. The van der Waals surface area contributed by atoms with Crippen molar-refractivity contribution in [3.63, 3.8) is 0 Å². The largest absolute Gasteiger partial charge is 0.368 e. The van der Waals surface area contributed by atoms with E-state index in [9.17, 15) is 9.18 Å². The first-order valence-electron chi connectivity index (χ1n) is 8.54. The third-order valence-corrected chi connectivity index (χ3v) is 4.49. The molecule has 0 aliphatic carbocycles. The number of aromatic nitrogens is 1. The summed E-state index contributed by atoms with van der Waals surface area (Å²) in [4.78, 5) is 21.0. The Balaban J connectivity index is 1.51. The van der Waals surface area contributed by atoms with Gasteiger partial charge in [-0.2, -0.15) is 0 Å². The second kappa shape index (κ2) is 8.07. The highest BCUT2D eigenvalue weighted by atomic mass is 19.1. The molecule has 0 radical (unpaired) electrons. The molecule has 1 saturated heterocycles. The summed E-state index contributed by atoms with van der Waals surface area (Å²) in [7, 11) is 2.12. The number of hydrogen-bond acceptors (Lipinski definition) is 4. The van der Waals surface area contributed by atoms with Gasteiger partial charge in [-0.3, -0.25) is 4.79 Å². The number of anilines is 1. The minimum absolute atomic E-state index is 0.235. The van der Waals surface area contributed by atoms with Gasteiger partial charge in [-0.1, -0.05) is 18.2 Å². The molecule has 1 aromatic carbocycles. The van der Waals surface area contributed by atoms with Crippen LogP contribution in [0.3, 0.4) is 0 Å². The number of nitrogens with one attached hydrogen (secondary N) is 1. The van der Waals surface area contributed by atoms with Crippen molar-refractivity contribution < 1.29 is 9.18 Å². The van der Waals surface area contributed by atoms with E-state index >= 15 is 0 Å². The molecule has 1 N–H and O–H groups in total. The molecule has 6 heteroatoms. The number of nitrogens with zero attached hydrogens (tertiary/aromatic N) is 3. The van der Waals surface area contributed by atoms with Crippen LogP contribution in [0.25, 0.3) is 0 Å². The molecule has 132 valence electrons. The zero-order chi connectivity index (χ0) is 17.6. The highest BCUT2D eigenvalue weighted by molar-refractivity contribution is 5.92. The first kappa shape index (κ1) is 17.4.